The average molecular weight is 443 g/mol. The molecule has 2 aromatic rings. The van der Waals surface area contributed by atoms with Crippen LogP contribution in [0.2, 0.25) is 0 Å². The Bertz CT molecular complexity index is 999. The molecule has 2 N–H and O–H groups in total. The van der Waals surface area contributed by atoms with E-state index in [2.05, 4.69) is 0 Å². The summed E-state index contributed by atoms with van der Waals surface area (Å²) in [7, 11) is 1.45. The van der Waals surface area contributed by atoms with E-state index in [-0.39, 0.29) is 5.56 Å². The van der Waals surface area contributed by atoms with Gasteiger partial charge in [-0.15, -0.1) is 0 Å². The summed E-state index contributed by atoms with van der Waals surface area (Å²) in [5.41, 5.74) is -2.98. The monoisotopic (exact) mass is 443 g/mol. The van der Waals surface area contributed by atoms with Gasteiger partial charge in [0.25, 0.3) is 5.72 Å². The molecule has 170 valence electrons. The molecule has 1 saturated heterocycles. The van der Waals surface area contributed by atoms with Crippen LogP contribution in [0.15, 0.2) is 54.6 Å². The molecule has 1 fully saturated rings. The topological polar surface area (TPSA) is 123 Å². The Labute approximate surface area is 185 Å². The third-order valence-corrected chi connectivity index (χ3v) is 4.95. The molecular weight excluding hydrogens is 418 g/mol. The highest BCUT2D eigenvalue weighted by atomic mass is 16.6. The fraction of sp³-hybridized carbons (Fsp3) is 0.348. The van der Waals surface area contributed by atoms with Crippen molar-refractivity contribution in [1.29, 1.82) is 0 Å². The summed E-state index contributed by atoms with van der Waals surface area (Å²) in [6, 6.07) is 12.8. The summed E-state index contributed by atoms with van der Waals surface area (Å²) in [6.45, 7) is 4.89. The van der Waals surface area contributed by atoms with Crippen LogP contribution in [-0.4, -0.2) is 52.0 Å². The van der Waals surface area contributed by atoms with Crippen LogP contribution < -0.4 is 4.74 Å². The minimum Gasteiger partial charge on any atom is -0.497 e. The highest BCUT2D eigenvalue weighted by Gasteiger charge is 2.64. The summed E-state index contributed by atoms with van der Waals surface area (Å²) < 4.78 is 16.4. The van der Waals surface area contributed by atoms with Crippen molar-refractivity contribution < 1.29 is 38.8 Å². The van der Waals surface area contributed by atoms with E-state index in [1.165, 1.54) is 31.4 Å². The summed E-state index contributed by atoms with van der Waals surface area (Å²) >= 11 is 0. The normalized spacial score (nSPS) is 22.9. The van der Waals surface area contributed by atoms with Crippen molar-refractivity contribution >= 4 is 18.0 Å². The summed E-state index contributed by atoms with van der Waals surface area (Å²) in [6.07, 6.45) is -2.68. The number of methoxy groups -OCH3 is 1. The van der Waals surface area contributed by atoms with Crippen LogP contribution >= 0.6 is 0 Å². The van der Waals surface area contributed by atoms with Gasteiger partial charge in [0, 0.05) is 5.56 Å². The van der Waals surface area contributed by atoms with Gasteiger partial charge in [-0.05, 0) is 50.6 Å². The zero-order valence-electron chi connectivity index (χ0n) is 18.1. The molecule has 0 radical (unpaired) electrons. The van der Waals surface area contributed by atoms with Crippen molar-refractivity contribution in [3.05, 3.63) is 65.7 Å². The first-order valence-electron chi connectivity index (χ1n) is 9.87. The Kier molecular flexibility index (Phi) is 6.13. The van der Waals surface area contributed by atoms with Gasteiger partial charge >= 0.3 is 18.0 Å². The molecule has 3 rings (SSSR count). The standard InChI is InChI=1S/C23H25NO8/c1-22(2,3)32-21(29)24-17(14-8-6-5-7-9-14)18(19(25)26)31-23(24,20(27)28)15-10-12-16(30-4)13-11-15/h5-13,17-18H,1-4H3,(H,25,26)(H,27,28)/t17-,18+,23?/m0/s1. The van der Waals surface area contributed by atoms with Gasteiger partial charge in [-0.2, -0.15) is 0 Å². The lowest BCUT2D eigenvalue weighted by Gasteiger charge is -2.37. The van der Waals surface area contributed by atoms with E-state index in [1.54, 1.807) is 51.1 Å². The summed E-state index contributed by atoms with van der Waals surface area (Å²) in [4.78, 5) is 39.1. The SMILES string of the molecule is COc1ccc(C2(C(=O)O)O[C@@H](C(=O)O)[C@H](c3ccccc3)N2C(=O)OC(C)(C)C)cc1. The number of hydrogen-bond donors (Lipinski definition) is 2. The van der Waals surface area contributed by atoms with Crippen molar-refractivity contribution in [3.63, 3.8) is 0 Å². The lowest BCUT2D eigenvalue weighted by atomic mass is 9.97. The van der Waals surface area contributed by atoms with Crippen molar-refractivity contribution in [2.45, 2.75) is 44.2 Å². The van der Waals surface area contributed by atoms with Gasteiger partial charge in [-0.25, -0.2) is 14.4 Å². The van der Waals surface area contributed by atoms with Crippen molar-refractivity contribution in [3.8, 4) is 5.75 Å². The van der Waals surface area contributed by atoms with Gasteiger partial charge in [0.2, 0.25) is 0 Å². The van der Waals surface area contributed by atoms with Crippen LogP contribution in [0.3, 0.4) is 0 Å². The minimum atomic E-state index is -2.45. The fourth-order valence-electron chi connectivity index (χ4n) is 3.65. The molecule has 1 heterocycles. The molecule has 0 saturated carbocycles. The van der Waals surface area contributed by atoms with Crippen molar-refractivity contribution in [2.24, 2.45) is 0 Å². The van der Waals surface area contributed by atoms with E-state index in [0.717, 1.165) is 4.90 Å². The smallest absolute Gasteiger partial charge is 0.413 e. The second kappa shape index (κ2) is 8.51. The van der Waals surface area contributed by atoms with Crippen LogP contribution in [0.1, 0.15) is 37.9 Å². The van der Waals surface area contributed by atoms with Crippen LogP contribution in [0.4, 0.5) is 4.79 Å². The largest absolute Gasteiger partial charge is 0.497 e. The molecule has 32 heavy (non-hydrogen) atoms. The molecule has 1 aliphatic heterocycles. The Morgan fingerprint density at radius 2 is 1.59 bits per heavy atom. The summed E-state index contributed by atoms with van der Waals surface area (Å²) in [5.74, 6) is -2.52. The predicted molar refractivity (Wildman–Crippen MR) is 112 cm³/mol. The number of carbonyl (C=O) groups excluding carboxylic acids is 1. The van der Waals surface area contributed by atoms with Gasteiger partial charge < -0.3 is 24.4 Å². The lowest BCUT2D eigenvalue weighted by molar-refractivity contribution is -0.186. The number of ether oxygens (including phenoxy) is 3. The van der Waals surface area contributed by atoms with Gasteiger partial charge in [0.15, 0.2) is 6.10 Å². The number of carboxylic acids is 2. The van der Waals surface area contributed by atoms with E-state index >= 15 is 0 Å². The highest BCUT2D eigenvalue weighted by molar-refractivity contribution is 5.88. The first-order valence-corrected chi connectivity index (χ1v) is 9.87. The minimum absolute atomic E-state index is 0.0429. The molecule has 1 unspecified atom stereocenters. The molecule has 0 aliphatic carbocycles. The van der Waals surface area contributed by atoms with E-state index < -0.39 is 41.5 Å². The number of carboxylic acid groups (broad SMARTS) is 2. The van der Waals surface area contributed by atoms with Crippen LogP contribution in [0, 0.1) is 0 Å². The van der Waals surface area contributed by atoms with Crippen LogP contribution in [-0.2, 0) is 24.8 Å². The molecule has 1 aliphatic rings. The van der Waals surface area contributed by atoms with E-state index in [1.807, 2.05) is 0 Å². The van der Waals surface area contributed by atoms with E-state index in [0.29, 0.717) is 11.3 Å². The second-order valence-corrected chi connectivity index (χ2v) is 8.26. The molecule has 9 heteroatoms. The number of nitrogens with zero attached hydrogens (tertiary/aromatic N) is 1. The Morgan fingerprint density at radius 3 is 2.06 bits per heavy atom. The first-order chi connectivity index (χ1) is 15.0. The zero-order chi connectivity index (χ0) is 23.7. The van der Waals surface area contributed by atoms with Gasteiger partial charge in [-0.1, -0.05) is 30.3 Å². The van der Waals surface area contributed by atoms with E-state index in [4.69, 9.17) is 14.2 Å². The number of carbonyl (C=O) groups is 3. The Hall–Kier alpha value is -3.59. The quantitative estimate of drug-likeness (QED) is 0.721. The van der Waals surface area contributed by atoms with Crippen molar-refractivity contribution in [2.75, 3.05) is 7.11 Å². The average Bonchev–Trinajstić information content (AvgIpc) is 3.11. The molecule has 9 nitrogen and oxygen atoms in total. The molecule has 0 bridgehead atoms. The first kappa shape index (κ1) is 23.1. The lowest BCUT2D eigenvalue weighted by Crippen LogP contribution is -2.53. The van der Waals surface area contributed by atoms with Crippen LogP contribution in [0.5, 0.6) is 5.75 Å². The molecule has 0 aromatic heterocycles. The number of hydrogen-bond acceptors (Lipinski definition) is 6. The molecule has 3 atom stereocenters. The van der Waals surface area contributed by atoms with E-state index in [9.17, 15) is 24.6 Å². The Balaban J connectivity index is 2.27. The summed E-state index contributed by atoms with van der Waals surface area (Å²) in [5, 5.41) is 20.2. The number of rotatable bonds is 5. The zero-order valence-corrected chi connectivity index (χ0v) is 18.1. The number of aliphatic carboxylic acids is 2. The maximum atomic E-state index is 13.4. The maximum absolute atomic E-state index is 13.4. The maximum Gasteiger partial charge on any atom is 0.413 e. The number of benzene rings is 2. The third-order valence-electron chi connectivity index (χ3n) is 4.95. The Morgan fingerprint density at radius 1 is 1.00 bits per heavy atom. The molecule has 1 amide bonds. The second-order valence-electron chi connectivity index (χ2n) is 8.26. The highest BCUT2D eigenvalue weighted by Crippen LogP contribution is 2.48. The molecule has 2 aromatic carbocycles. The third kappa shape index (κ3) is 4.11. The molecule has 0 spiro atoms. The van der Waals surface area contributed by atoms with Crippen LogP contribution in [0.25, 0.3) is 0 Å². The van der Waals surface area contributed by atoms with Gasteiger partial charge in [0.1, 0.15) is 17.4 Å². The van der Waals surface area contributed by atoms with Crippen molar-refractivity contribution in [1.82, 2.24) is 4.90 Å². The molecular formula is C23H25NO8. The van der Waals surface area contributed by atoms with Gasteiger partial charge in [-0.3, -0.25) is 4.90 Å². The number of amides is 1. The fourth-order valence-corrected chi connectivity index (χ4v) is 3.65. The predicted octanol–water partition coefficient (Wildman–Crippen LogP) is 3.39. The van der Waals surface area contributed by atoms with Gasteiger partial charge in [0.05, 0.1) is 7.11 Å².